The SMILES string of the molecule is COCc1c(Br)c(C)n(CC(=O)NN=Cc2cc([N+](=O)[O-])c(O)cc2O)c(=O)c1C#N. The number of nitrogens with zero attached hydrogens (tertiary/aromatic N) is 4. The van der Waals surface area contributed by atoms with Crippen LogP contribution in [0.2, 0.25) is 0 Å². The van der Waals surface area contributed by atoms with E-state index in [4.69, 9.17) is 4.74 Å². The van der Waals surface area contributed by atoms with Gasteiger partial charge >= 0.3 is 5.69 Å². The monoisotopic (exact) mass is 493 g/mol. The molecule has 0 aliphatic rings. The first-order valence-electron chi connectivity index (χ1n) is 8.45. The number of aromatic nitrogens is 1. The lowest BCUT2D eigenvalue weighted by atomic mass is 10.1. The van der Waals surface area contributed by atoms with E-state index in [9.17, 15) is 35.2 Å². The molecule has 162 valence electrons. The summed E-state index contributed by atoms with van der Waals surface area (Å²) in [6, 6.07) is 3.46. The van der Waals surface area contributed by atoms with E-state index in [1.54, 1.807) is 6.92 Å². The second-order valence-electron chi connectivity index (χ2n) is 6.14. The van der Waals surface area contributed by atoms with Gasteiger partial charge in [0, 0.05) is 40.5 Å². The fraction of sp³-hybridized carbons (Fsp3) is 0.222. The predicted octanol–water partition coefficient (Wildman–Crippen LogP) is 1.41. The Kier molecular flexibility index (Phi) is 7.46. The number of halogens is 1. The molecule has 0 spiro atoms. The number of rotatable bonds is 7. The Morgan fingerprint density at radius 2 is 2.13 bits per heavy atom. The van der Waals surface area contributed by atoms with Crippen LogP contribution in [0.25, 0.3) is 0 Å². The topological polar surface area (TPSA) is 180 Å². The van der Waals surface area contributed by atoms with Crippen LogP contribution >= 0.6 is 15.9 Å². The first kappa shape index (κ1) is 23.5. The van der Waals surface area contributed by atoms with Crippen LogP contribution in [0, 0.1) is 28.4 Å². The number of hydrogen-bond acceptors (Lipinski definition) is 9. The van der Waals surface area contributed by atoms with E-state index in [0.717, 1.165) is 22.9 Å². The molecule has 0 bridgehead atoms. The van der Waals surface area contributed by atoms with Gasteiger partial charge in [0.05, 0.1) is 17.7 Å². The third-order valence-electron chi connectivity index (χ3n) is 4.16. The summed E-state index contributed by atoms with van der Waals surface area (Å²) in [5.41, 5.74) is 1.25. The Hall–Kier alpha value is -3.76. The zero-order chi connectivity index (χ0) is 23.3. The average molecular weight is 494 g/mol. The number of nitrogens with one attached hydrogen (secondary N) is 1. The van der Waals surface area contributed by atoms with E-state index in [2.05, 4.69) is 26.5 Å². The number of aromatic hydroxyl groups is 2. The lowest BCUT2D eigenvalue weighted by Gasteiger charge is -2.15. The first-order chi connectivity index (χ1) is 14.6. The van der Waals surface area contributed by atoms with Crippen molar-refractivity contribution >= 4 is 33.7 Å². The van der Waals surface area contributed by atoms with Crippen LogP contribution < -0.4 is 11.0 Å². The third-order valence-corrected chi connectivity index (χ3v) is 5.22. The van der Waals surface area contributed by atoms with Crippen molar-refractivity contribution in [2.45, 2.75) is 20.1 Å². The fourth-order valence-electron chi connectivity index (χ4n) is 2.63. The maximum Gasteiger partial charge on any atom is 0.311 e. The Balaban J connectivity index is 2.26. The van der Waals surface area contributed by atoms with E-state index in [-0.39, 0.29) is 17.7 Å². The van der Waals surface area contributed by atoms with Gasteiger partial charge in [-0.2, -0.15) is 10.4 Å². The summed E-state index contributed by atoms with van der Waals surface area (Å²) in [6.07, 6.45) is 0.938. The number of nitriles is 1. The fourth-order valence-corrected chi connectivity index (χ4v) is 3.16. The average Bonchev–Trinajstić information content (AvgIpc) is 2.71. The largest absolute Gasteiger partial charge is 0.507 e. The van der Waals surface area contributed by atoms with E-state index in [1.807, 2.05) is 6.07 Å². The van der Waals surface area contributed by atoms with Crippen LogP contribution in [0.5, 0.6) is 11.5 Å². The van der Waals surface area contributed by atoms with Crippen molar-refractivity contribution in [3.05, 3.63) is 59.5 Å². The molecule has 31 heavy (non-hydrogen) atoms. The molecule has 1 aromatic heterocycles. The molecule has 0 radical (unpaired) electrons. The van der Waals surface area contributed by atoms with Crippen LogP contribution in [0.15, 0.2) is 26.5 Å². The molecule has 3 N–H and O–H groups in total. The van der Waals surface area contributed by atoms with Crippen molar-refractivity contribution in [3.8, 4) is 17.6 Å². The molecule has 1 heterocycles. The first-order valence-corrected chi connectivity index (χ1v) is 9.24. The number of hydrogen-bond donors (Lipinski definition) is 3. The van der Waals surface area contributed by atoms with Crippen molar-refractivity contribution in [1.82, 2.24) is 9.99 Å². The van der Waals surface area contributed by atoms with Gasteiger partial charge in [-0.3, -0.25) is 19.7 Å². The summed E-state index contributed by atoms with van der Waals surface area (Å²) in [5.74, 6) is -1.96. The van der Waals surface area contributed by atoms with E-state index in [0.29, 0.717) is 15.7 Å². The zero-order valence-electron chi connectivity index (χ0n) is 16.2. The van der Waals surface area contributed by atoms with Crippen LogP contribution in [0.3, 0.4) is 0 Å². The summed E-state index contributed by atoms with van der Waals surface area (Å²) < 4.78 is 6.54. The van der Waals surface area contributed by atoms with Crippen molar-refractivity contribution in [3.63, 3.8) is 0 Å². The molecule has 12 nitrogen and oxygen atoms in total. The number of benzene rings is 1. The van der Waals surface area contributed by atoms with Crippen molar-refractivity contribution in [1.29, 1.82) is 5.26 Å². The molecule has 13 heteroatoms. The second-order valence-corrected chi connectivity index (χ2v) is 6.93. The number of amides is 1. The summed E-state index contributed by atoms with van der Waals surface area (Å²) in [6.45, 7) is 1.14. The van der Waals surface area contributed by atoms with Gasteiger partial charge in [0.1, 0.15) is 23.9 Å². The highest BCUT2D eigenvalue weighted by Crippen LogP contribution is 2.32. The lowest BCUT2D eigenvalue weighted by molar-refractivity contribution is -0.385. The van der Waals surface area contributed by atoms with E-state index >= 15 is 0 Å². The van der Waals surface area contributed by atoms with Crippen LogP contribution in [-0.2, 0) is 22.7 Å². The highest BCUT2D eigenvalue weighted by Gasteiger charge is 2.20. The molecule has 0 aliphatic heterocycles. The minimum atomic E-state index is -0.849. The highest BCUT2D eigenvalue weighted by molar-refractivity contribution is 9.10. The van der Waals surface area contributed by atoms with Gasteiger partial charge < -0.3 is 19.5 Å². The van der Waals surface area contributed by atoms with Crippen LogP contribution in [-0.4, -0.2) is 38.9 Å². The molecule has 0 saturated carbocycles. The molecule has 0 fully saturated rings. The molecule has 0 saturated heterocycles. The molecular weight excluding hydrogens is 478 g/mol. The summed E-state index contributed by atoms with van der Waals surface area (Å²) >= 11 is 3.31. The van der Waals surface area contributed by atoms with E-state index < -0.39 is 40.1 Å². The number of nitro benzene ring substituents is 1. The highest BCUT2D eigenvalue weighted by atomic mass is 79.9. The van der Waals surface area contributed by atoms with Gasteiger partial charge in [0.15, 0.2) is 5.75 Å². The lowest BCUT2D eigenvalue weighted by Crippen LogP contribution is -2.33. The van der Waals surface area contributed by atoms with Crippen LogP contribution in [0.4, 0.5) is 5.69 Å². The number of carbonyl (C=O) groups is 1. The number of carbonyl (C=O) groups excluding carboxylic acids is 1. The molecule has 0 aliphatic carbocycles. The molecule has 0 atom stereocenters. The minimum absolute atomic E-state index is 0.0269. The van der Waals surface area contributed by atoms with E-state index in [1.165, 1.54) is 7.11 Å². The minimum Gasteiger partial charge on any atom is -0.507 e. The van der Waals surface area contributed by atoms with Crippen molar-refractivity contribution in [2.24, 2.45) is 5.10 Å². The van der Waals surface area contributed by atoms with Gasteiger partial charge in [-0.05, 0) is 22.9 Å². The van der Waals surface area contributed by atoms with Gasteiger partial charge in [0.2, 0.25) is 0 Å². The number of ether oxygens (including phenoxy) is 1. The number of phenolic OH excluding ortho intramolecular Hbond substituents is 2. The number of methoxy groups -OCH3 is 1. The Morgan fingerprint density at radius 1 is 1.45 bits per heavy atom. The Bertz CT molecular complexity index is 1180. The molecule has 2 rings (SSSR count). The zero-order valence-corrected chi connectivity index (χ0v) is 17.8. The predicted molar refractivity (Wildman–Crippen MR) is 111 cm³/mol. The molecule has 2 aromatic rings. The Morgan fingerprint density at radius 3 is 2.71 bits per heavy atom. The standard InChI is InChI=1S/C18H16BrN5O7/c1-9-17(19)12(8-31-2)11(5-20)18(28)23(9)7-16(27)22-21-6-10-3-13(24(29)30)15(26)4-14(10)25/h3-4,6,25-26H,7-8H2,1-2H3,(H,22,27). The Labute approximate surface area is 183 Å². The van der Waals surface area contributed by atoms with Gasteiger partial charge in [-0.1, -0.05) is 0 Å². The van der Waals surface area contributed by atoms with Gasteiger partial charge in [-0.25, -0.2) is 5.43 Å². The second kappa shape index (κ2) is 9.83. The maximum atomic E-state index is 12.6. The third kappa shape index (κ3) is 5.05. The number of phenols is 2. The molecule has 1 aromatic carbocycles. The molecule has 0 unspecified atom stereocenters. The number of nitro groups is 1. The number of pyridine rings is 1. The van der Waals surface area contributed by atoms with Gasteiger partial charge in [-0.15, -0.1) is 0 Å². The van der Waals surface area contributed by atoms with Crippen molar-refractivity contribution < 1.29 is 24.7 Å². The summed E-state index contributed by atoms with van der Waals surface area (Å²) in [4.78, 5) is 34.8. The number of hydrazone groups is 1. The van der Waals surface area contributed by atoms with Crippen molar-refractivity contribution in [2.75, 3.05) is 7.11 Å². The summed E-state index contributed by atoms with van der Waals surface area (Å²) in [7, 11) is 1.42. The van der Waals surface area contributed by atoms with Crippen LogP contribution in [0.1, 0.15) is 22.4 Å². The smallest absolute Gasteiger partial charge is 0.311 e. The molecule has 1 amide bonds. The quantitative estimate of drug-likeness (QED) is 0.294. The normalized spacial score (nSPS) is 10.8. The summed E-state index contributed by atoms with van der Waals surface area (Å²) in [5, 5.41) is 43.0. The van der Waals surface area contributed by atoms with Gasteiger partial charge in [0.25, 0.3) is 11.5 Å². The molecular formula is C18H16BrN5O7. The maximum absolute atomic E-state index is 12.6.